The van der Waals surface area contributed by atoms with Crippen LogP contribution in [0, 0.1) is 13.8 Å². The maximum absolute atomic E-state index is 3.63. The molecule has 0 spiro atoms. The van der Waals surface area contributed by atoms with Crippen molar-refractivity contribution in [2.75, 3.05) is 11.9 Å². The van der Waals surface area contributed by atoms with E-state index >= 15 is 0 Å². The lowest BCUT2D eigenvalue weighted by molar-refractivity contribution is 0.645. The van der Waals surface area contributed by atoms with Crippen molar-refractivity contribution in [3.63, 3.8) is 0 Å². The van der Waals surface area contributed by atoms with Crippen LogP contribution in [-0.4, -0.2) is 6.54 Å². The Balaban J connectivity index is 2.36. The van der Waals surface area contributed by atoms with E-state index in [1.54, 1.807) is 0 Å². The third-order valence-corrected chi connectivity index (χ3v) is 3.64. The molecule has 1 rings (SSSR count). The predicted molar refractivity (Wildman–Crippen MR) is 80.9 cm³/mol. The molecule has 96 valence electrons. The van der Waals surface area contributed by atoms with Crippen LogP contribution >= 0.6 is 15.9 Å². The van der Waals surface area contributed by atoms with Crippen molar-refractivity contribution in [2.24, 2.45) is 0 Å². The highest BCUT2D eigenvalue weighted by atomic mass is 79.9. The third kappa shape index (κ3) is 5.12. The van der Waals surface area contributed by atoms with Crippen LogP contribution in [0.1, 0.15) is 50.2 Å². The van der Waals surface area contributed by atoms with Gasteiger partial charge >= 0.3 is 0 Å². The third-order valence-electron chi connectivity index (χ3n) is 3.01. The minimum absolute atomic E-state index is 1.08. The van der Waals surface area contributed by atoms with Crippen molar-refractivity contribution in [1.29, 1.82) is 0 Å². The van der Waals surface area contributed by atoms with Gasteiger partial charge in [-0.25, -0.2) is 0 Å². The predicted octanol–water partition coefficient (Wildman–Crippen LogP) is 5.45. The van der Waals surface area contributed by atoms with Crippen LogP contribution in [0.15, 0.2) is 16.6 Å². The second kappa shape index (κ2) is 7.75. The first-order chi connectivity index (χ1) is 8.15. The summed E-state index contributed by atoms with van der Waals surface area (Å²) in [6.07, 6.45) is 6.65. The molecule has 2 heteroatoms. The minimum Gasteiger partial charge on any atom is -0.384 e. The Labute approximate surface area is 114 Å². The van der Waals surface area contributed by atoms with Crippen LogP contribution in [-0.2, 0) is 0 Å². The van der Waals surface area contributed by atoms with Gasteiger partial charge in [-0.1, -0.05) is 38.7 Å². The first-order valence-electron chi connectivity index (χ1n) is 6.65. The molecule has 0 amide bonds. The van der Waals surface area contributed by atoms with Crippen molar-refractivity contribution in [3.05, 3.63) is 27.7 Å². The molecule has 0 unspecified atom stereocenters. The zero-order valence-corrected chi connectivity index (χ0v) is 12.9. The molecule has 0 aromatic heterocycles. The van der Waals surface area contributed by atoms with Gasteiger partial charge in [-0.05, 0) is 53.4 Å². The summed E-state index contributed by atoms with van der Waals surface area (Å²) in [5.74, 6) is 0. The van der Waals surface area contributed by atoms with Gasteiger partial charge < -0.3 is 5.32 Å². The Kier molecular flexibility index (Phi) is 6.64. The van der Waals surface area contributed by atoms with Crippen LogP contribution in [0.4, 0.5) is 5.69 Å². The van der Waals surface area contributed by atoms with Gasteiger partial charge in [0.1, 0.15) is 0 Å². The smallest absolute Gasteiger partial charge is 0.0514 e. The normalized spacial score (nSPS) is 10.6. The van der Waals surface area contributed by atoms with E-state index in [-0.39, 0.29) is 0 Å². The lowest BCUT2D eigenvalue weighted by atomic mass is 10.1. The van der Waals surface area contributed by atoms with Gasteiger partial charge in [0, 0.05) is 11.0 Å². The molecular formula is C15H24BrN. The number of unbranched alkanes of at least 4 members (excludes halogenated alkanes) is 4. The number of halogens is 1. The van der Waals surface area contributed by atoms with Crippen molar-refractivity contribution in [2.45, 2.75) is 52.9 Å². The second-order valence-corrected chi connectivity index (χ2v) is 5.63. The topological polar surface area (TPSA) is 12.0 Å². The highest BCUT2D eigenvalue weighted by Crippen LogP contribution is 2.27. The summed E-state index contributed by atoms with van der Waals surface area (Å²) in [7, 11) is 0. The Hall–Kier alpha value is -0.500. The standard InChI is InChI=1S/C15H24BrN/c1-4-5-6-7-8-9-17-15-13(3)10-12(2)11-14(15)16/h10-11,17H,4-9H2,1-3H3. The number of hydrogen-bond acceptors (Lipinski definition) is 1. The monoisotopic (exact) mass is 297 g/mol. The van der Waals surface area contributed by atoms with E-state index in [1.807, 2.05) is 0 Å². The summed E-state index contributed by atoms with van der Waals surface area (Å²) >= 11 is 3.63. The quantitative estimate of drug-likeness (QED) is 0.660. The fourth-order valence-electron chi connectivity index (χ4n) is 2.08. The number of aryl methyl sites for hydroxylation is 2. The minimum atomic E-state index is 1.08. The number of benzene rings is 1. The molecular weight excluding hydrogens is 274 g/mol. The molecule has 1 aromatic rings. The average molecular weight is 298 g/mol. The Morgan fingerprint density at radius 1 is 1.06 bits per heavy atom. The first-order valence-corrected chi connectivity index (χ1v) is 7.45. The number of rotatable bonds is 7. The molecule has 0 atom stereocenters. The van der Waals surface area contributed by atoms with Gasteiger partial charge in [-0.2, -0.15) is 0 Å². The van der Waals surface area contributed by atoms with Crippen LogP contribution in [0.25, 0.3) is 0 Å². The maximum atomic E-state index is 3.63. The number of nitrogens with one attached hydrogen (secondary N) is 1. The van der Waals surface area contributed by atoms with Crippen molar-refractivity contribution in [1.82, 2.24) is 0 Å². The van der Waals surface area contributed by atoms with Gasteiger partial charge in [0.05, 0.1) is 5.69 Å². The molecule has 0 bridgehead atoms. The Morgan fingerprint density at radius 3 is 2.41 bits per heavy atom. The second-order valence-electron chi connectivity index (χ2n) is 4.78. The van der Waals surface area contributed by atoms with Crippen molar-refractivity contribution in [3.8, 4) is 0 Å². The summed E-state index contributed by atoms with van der Waals surface area (Å²) in [5, 5.41) is 3.54. The first kappa shape index (κ1) is 14.6. The molecule has 0 fully saturated rings. The van der Waals surface area contributed by atoms with E-state index in [9.17, 15) is 0 Å². The number of hydrogen-bond donors (Lipinski definition) is 1. The van der Waals surface area contributed by atoms with Gasteiger partial charge in [-0.15, -0.1) is 0 Å². The molecule has 0 saturated heterocycles. The van der Waals surface area contributed by atoms with Crippen molar-refractivity contribution >= 4 is 21.6 Å². The molecule has 1 nitrogen and oxygen atoms in total. The van der Waals surface area contributed by atoms with E-state index in [0.717, 1.165) is 6.54 Å². The van der Waals surface area contributed by atoms with Gasteiger partial charge in [-0.3, -0.25) is 0 Å². The van der Waals surface area contributed by atoms with E-state index in [4.69, 9.17) is 0 Å². The van der Waals surface area contributed by atoms with Crippen LogP contribution in [0.5, 0.6) is 0 Å². The molecule has 17 heavy (non-hydrogen) atoms. The van der Waals surface area contributed by atoms with E-state index in [1.165, 1.54) is 53.4 Å². The Bertz CT molecular complexity index is 324. The molecule has 1 aromatic carbocycles. The highest BCUT2D eigenvalue weighted by molar-refractivity contribution is 9.10. The lowest BCUT2D eigenvalue weighted by Gasteiger charge is -2.12. The lowest BCUT2D eigenvalue weighted by Crippen LogP contribution is -2.04. The largest absolute Gasteiger partial charge is 0.384 e. The fourth-order valence-corrected chi connectivity index (χ4v) is 2.90. The van der Waals surface area contributed by atoms with Gasteiger partial charge in [0.15, 0.2) is 0 Å². The van der Waals surface area contributed by atoms with Gasteiger partial charge in [0.25, 0.3) is 0 Å². The van der Waals surface area contributed by atoms with E-state index < -0.39 is 0 Å². The summed E-state index contributed by atoms with van der Waals surface area (Å²) in [5.41, 5.74) is 3.89. The average Bonchev–Trinajstić information content (AvgIpc) is 2.26. The Morgan fingerprint density at radius 2 is 1.76 bits per heavy atom. The van der Waals surface area contributed by atoms with Crippen LogP contribution in [0.3, 0.4) is 0 Å². The molecule has 0 radical (unpaired) electrons. The summed E-state index contributed by atoms with van der Waals surface area (Å²) in [6.45, 7) is 7.63. The molecule has 0 aliphatic rings. The van der Waals surface area contributed by atoms with E-state index in [0.29, 0.717) is 0 Å². The zero-order valence-electron chi connectivity index (χ0n) is 11.3. The summed E-state index contributed by atoms with van der Waals surface area (Å²) in [4.78, 5) is 0. The fraction of sp³-hybridized carbons (Fsp3) is 0.600. The molecule has 0 aliphatic heterocycles. The summed E-state index contributed by atoms with van der Waals surface area (Å²) < 4.78 is 1.18. The highest BCUT2D eigenvalue weighted by Gasteiger charge is 2.03. The molecule has 0 saturated carbocycles. The van der Waals surface area contributed by atoms with Crippen LogP contribution in [0.2, 0.25) is 0 Å². The molecule has 0 heterocycles. The zero-order chi connectivity index (χ0) is 12.7. The number of anilines is 1. The maximum Gasteiger partial charge on any atom is 0.0514 e. The van der Waals surface area contributed by atoms with Gasteiger partial charge in [0.2, 0.25) is 0 Å². The SMILES string of the molecule is CCCCCCCNc1c(C)cc(C)cc1Br. The molecule has 1 N–H and O–H groups in total. The molecule has 0 aliphatic carbocycles. The van der Waals surface area contributed by atoms with Crippen molar-refractivity contribution < 1.29 is 0 Å². The van der Waals surface area contributed by atoms with Crippen LogP contribution < -0.4 is 5.32 Å². The van der Waals surface area contributed by atoms with E-state index in [2.05, 4.69) is 54.2 Å². The summed E-state index contributed by atoms with van der Waals surface area (Å²) in [6, 6.07) is 4.40.